The zero-order valence-electron chi connectivity index (χ0n) is 15.3. The van der Waals surface area contributed by atoms with Crippen LogP contribution in [0, 0.1) is 0 Å². The molecule has 0 amide bonds. The maximum atomic E-state index is 13.1. The van der Waals surface area contributed by atoms with Gasteiger partial charge >= 0.3 is 6.18 Å². The number of nitrogens with one attached hydrogen (secondary N) is 3. The summed E-state index contributed by atoms with van der Waals surface area (Å²) in [6.07, 6.45) is -1.05. The fourth-order valence-electron chi connectivity index (χ4n) is 2.40. The van der Waals surface area contributed by atoms with Crippen molar-refractivity contribution in [2.45, 2.75) is 26.1 Å². The van der Waals surface area contributed by atoms with Gasteiger partial charge in [0.25, 0.3) is 0 Å². The van der Waals surface area contributed by atoms with E-state index >= 15 is 0 Å². The summed E-state index contributed by atoms with van der Waals surface area (Å²) in [6, 6.07) is 10.0. The molecule has 0 bridgehead atoms. The Morgan fingerprint density at radius 1 is 1.11 bits per heavy atom. The highest BCUT2D eigenvalue weighted by Gasteiger charge is 2.32. The fourth-order valence-corrected chi connectivity index (χ4v) is 2.90. The minimum absolute atomic E-state index is 0.0458. The molecule has 3 N–H and O–H groups in total. The first kappa shape index (κ1) is 21.5. The highest BCUT2D eigenvalue weighted by Crippen LogP contribution is 2.31. The Bertz CT molecular complexity index is 944. The Morgan fingerprint density at radius 3 is 2.43 bits per heavy atom. The molecule has 0 aliphatic heterocycles. The summed E-state index contributed by atoms with van der Waals surface area (Å²) in [5, 5.41) is 5.89. The van der Waals surface area contributed by atoms with Gasteiger partial charge in [0.05, 0.1) is 11.8 Å². The maximum Gasteiger partial charge on any atom is 0.416 e. The second-order valence-electron chi connectivity index (χ2n) is 5.94. The Morgan fingerprint density at radius 2 is 1.79 bits per heavy atom. The van der Waals surface area contributed by atoms with Crippen molar-refractivity contribution in [1.82, 2.24) is 10.3 Å². The molecule has 0 aliphatic rings. The molecule has 10 heteroatoms. The van der Waals surface area contributed by atoms with E-state index in [9.17, 15) is 21.6 Å². The highest BCUT2D eigenvalue weighted by molar-refractivity contribution is 7.92. The Hall–Kier alpha value is -2.75. The van der Waals surface area contributed by atoms with Crippen LogP contribution in [0.5, 0.6) is 0 Å². The number of pyridine rings is 1. The number of benzene rings is 1. The normalized spacial score (nSPS) is 12.5. The lowest BCUT2D eigenvalue weighted by molar-refractivity contribution is -0.138. The third kappa shape index (κ3) is 6.76. The predicted octanol–water partition coefficient (Wildman–Crippen LogP) is 3.93. The Labute approximate surface area is 161 Å². The molecule has 1 aromatic heterocycles. The average molecular weight is 414 g/mol. The third-order valence-electron chi connectivity index (χ3n) is 3.50. The zero-order valence-corrected chi connectivity index (χ0v) is 16.2. The molecule has 152 valence electrons. The molecule has 0 spiro atoms. The largest absolute Gasteiger partial charge is 0.416 e. The van der Waals surface area contributed by atoms with Crippen LogP contribution in [0.15, 0.2) is 54.4 Å². The molecule has 1 heterocycles. The van der Waals surface area contributed by atoms with Gasteiger partial charge in [0.1, 0.15) is 17.5 Å². The summed E-state index contributed by atoms with van der Waals surface area (Å²) >= 11 is 0. The molecular weight excluding hydrogens is 393 g/mol. The molecule has 2 aromatic rings. The lowest BCUT2D eigenvalue weighted by atomic mass is 10.1. The molecular formula is C18H21F3N4O2S. The van der Waals surface area contributed by atoms with Crippen LogP contribution in [0.1, 0.15) is 24.5 Å². The van der Waals surface area contributed by atoms with E-state index < -0.39 is 21.8 Å². The smallest absolute Gasteiger partial charge is 0.368 e. The molecule has 1 aromatic carbocycles. The van der Waals surface area contributed by atoms with Crippen molar-refractivity contribution < 1.29 is 21.6 Å². The van der Waals surface area contributed by atoms with Crippen LogP contribution >= 0.6 is 0 Å². The van der Waals surface area contributed by atoms with Gasteiger partial charge in [0, 0.05) is 6.54 Å². The van der Waals surface area contributed by atoms with Crippen LogP contribution in [0.2, 0.25) is 0 Å². The van der Waals surface area contributed by atoms with E-state index in [0.717, 1.165) is 12.3 Å². The molecule has 0 atom stereocenters. The van der Waals surface area contributed by atoms with Crippen molar-refractivity contribution >= 4 is 21.7 Å². The molecule has 6 nitrogen and oxygen atoms in total. The van der Waals surface area contributed by atoms with Gasteiger partial charge in [-0.05, 0) is 36.3 Å². The fraction of sp³-hybridized carbons (Fsp3) is 0.278. The van der Waals surface area contributed by atoms with Crippen LogP contribution in [0.4, 0.5) is 24.8 Å². The van der Waals surface area contributed by atoms with Gasteiger partial charge in [0.15, 0.2) is 0 Å². The second-order valence-corrected chi connectivity index (χ2v) is 7.69. The van der Waals surface area contributed by atoms with E-state index in [2.05, 4.69) is 20.3 Å². The number of rotatable bonds is 8. The van der Waals surface area contributed by atoms with Crippen molar-refractivity contribution in [3.8, 4) is 0 Å². The molecule has 0 unspecified atom stereocenters. The van der Waals surface area contributed by atoms with Gasteiger partial charge in [-0.2, -0.15) is 13.2 Å². The van der Waals surface area contributed by atoms with Crippen molar-refractivity contribution in [2.75, 3.05) is 16.3 Å². The number of allylic oxidation sites excluding steroid dienone is 1. The number of nitrogens with zero attached hydrogens (tertiary/aromatic N) is 1. The van der Waals surface area contributed by atoms with Crippen molar-refractivity contribution in [2.24, 2.45) is 0 Å². The summed E-state index contributed by atoms with van der Waals surface area (Å²) < 4.78 is 64.3. The van der Waals surface area contributed by atoms with E-state index in [1.807, 2.05) is 6.92 Å². The third-order valence-corrected chi connectivity index (χ3v) is 4.08. The minimum Gasteiger partial charge on any atom is -0.368 e. The van der Waals surface area contributed by atoms with E-state index in [1.165, 1.54) is 18.2 Å². The number of alkyl halides is 3. The molecule has 0 fully saturated rings. The minimum atomic E-state index is -4.44. The topological polar surface area (TPSA) is 83.1 Å². The number of halogens is 3. The quantitative estimate of drug-likeness (QED) is 0.610. The Balaban J connectivity index is 2.14. The molecule has 0 aliphatic carbocycles. The summed E-state index contributed by atoms with van der Waals surface area (Å²) in [4.78, 5) is 4.13. The maximum absolute atomic E-state index is 13.1. The van der Waals surface area contributed by atoms with Crippen molar-refractivity contribution in [3.05, 3.63) is 65.5 Å². The van der Waals surface area contributed by atoms with Crippen LogP contribution in [-0.2, 0) is 22.7 Å². The van der Waals surface area contributed by atoms with Gasteiger partial charge in [0.2, 0.25) is 10.0 Å². The van der Waals surface area contributed by atoms with Crippen molar-refractivity contribution in [1.29, 1.82) is 0 Å². The SMILES string of the molecule is CC/C=C(\NCc1ccccc1C(F)(F)F)Nc1cccc(NS(C)(=O)=O)n1. The van der Waals surface area contributed by atoms with Crippen LogP contribution in [-0.4, -0.2) is 19.7 Å². The Kier molecular flexibility index (Phi) is 6.90. The van der Waals surface area contributed by atoms with Crippen LogP contribution < -0.4 is 15.4 Å². The number of hydrogen-bond acceptors (Lipinski definition) is 5. The van der Waals surface area contributed by atoms with E-state index in [0.29, 0.717) is 18.1 Å². The summed E-state index contributed by atoms with van der Waals surface area (Å²) in [5.41, 5.74) is -0.588. The number of hydrogen-bond donors (Lipinski definition) is 3. The standard InChI is InChI=1S/C18H21F3N4O2S/c1-3-7-15(22-12-13-8-4-5-9-14(13)18(19,20)21)23-16-10-6-11-17(24-16)25-28(2,26)27/h4-11,22H,3,12H2,1-2H3,(H2,23,24,25)/b15-7+. The summed E-state index contributed by atoms with van der Waals surface area (Å²) in [6.45, 7) is 1.83. The van der Waals surface area contributed by atoms with Gasteiger partial charge in [-0.25, -0.2) is 13.4 Å². The second kappa shape index (κ2) is 8.96. The molecule has 0 saturated heterocycles. The van der Waals surface area contributed by atoms with Crippen molar-refractivity contribution in [3.63, 3.8) is 0 Å². The van der Waals surface area contributed by atoms with Gasteiger partial charge in [-0.3, -0.25) is 4.72 Å². The van der Waals surface area contributed by atoms with Gasteiger partial charge in [-0.1, -0.05) is 31.2 Å². The number of anilines is 2. The zero-order chi connectivity index (χ0) is 20.8. The number of aromatic nitrogens is 1. The summed E-state index contributed by atoms with van der Waals surface area (Å²) in [7, 11) is -3.47. The van der Waals surface area contributed by atoms with E-state index in [4.69, 9.17) is 0 Å². The first-order valence-corrected chi connectivity index (χ1v) is 10.3. The summed E-state index contributed by atoms with van der Waals surface area (Å²) in [5.74, 6) is 0.930. The van der Waals surface area contributed by atoms with Crippen LogP contribution in [0.3, 0.4) is 0 Å². The molecule has 0 radical (unpaired) electrons. The first-order chi connectivity index (χ1) is 13.1. The first-order valence-electron chi connectivity index (χ1n) is 8.39. The molecule has 0 saturated carbocycles. The van der Waals surface area contributed by atoms with E-state index in [1.54, 1.807) is 24.3 Å². The lowest BCUT2D eigenvalue weighted by Gasteiger charge is -2.17. The predicted molar refractivity (Wildman–Crippen MR) is 103 cm³/mol. The van der Waals surface area contributed by atoms with E-state index in [-0.39, 0.29) is 17.9 Å². The number of sulfonamides is 1. The highest BCUT2D eigenvalue weighted by atomic mass is 32.2. The molecule has 28 heavy (non-hydrogen) atoms. The molecule has 2 rings (SSSR count). The average Bonchev–Trinajstić information content (AvgIpc) is 2.58. The van der Waals surface area contributed by atoms with Crippen LogP contribution in [0.25, 0.3) is 0 Å². The van der Waals surface area contributed by atoms with Gasteiger partial charge < -0.3 is 10.6 Å². The lowest BCUT2D eigenvalue weighted by Crippen LogP contribution is -2.22. The van der Waals surface area contributed by atoms with Gasteiger partial charge in [-0.15, -0.1) is 0 Å². The monoisotopic (exact) mass is 414 g/mol.